The lowest BCUT2D eigenvalue weighted by Crippen LogP contribution is -2.18. The van der Waals surface area contributed by atoms with Gasteiger partial charge in [-0.1, -0.05) is 54.6 Å². The van der Waals surface area contributed by atoms with Gasteiger partial charge < -0.3 is 9.88 Å². The van der Waals surface area contributed by atoms with Crippen molar-refractivity contribution in [3.8, 4) is 33.9 Å². The summed E-state index contributed by atoms with van der Waals surface area (Å²) in [5.74, 6) is 0.856. The van der Waals surface area contributed by atoms with E-state index in [2.05, 4.69) is 27.0 Å². The summed E-state index contributed by atoms with van der Waals surface area (Å²) in [6.07, 6.45) is 3.60. The lowest BCUT2D eigenvalue weighted by Gasteiger charge is -2.08. The molecule has 0 saturated heterocycles. The lowest BCUT2D eigenvalue weighted by molar-refractivity contribution is -0.119. The first-order valence-corrected chi connectivity index (χ1v) is 9.50. The fourth-order valence-corrected chi connectivity index (χ4v) is 3.39. The van der Waals surface area contributed by atoms with E-state index in [-0.39, 0.29) is 5.91 Å². The quantitative estimate of drug-likeness (QED) is 0.555. The first kappa shape index (κ1) is 18.6. The summed E-state index contributed by atoms with van der Waals surface area (Å²) >= 11 is 0. The number of benzene rings is 2. The van der Waals surface area contributed by atoms with Crippen LogP contribution in [0.4, 0.5) is 0 Å². The second kappa shape index (κ2) is 8.10. The summed E-state index contributed by atoms with van der Waals surface area (Å²) in [5.41, 5.74) is 6.21. The van der Waals surface area contributed by atoms with Gasteiger partial charge in [0, 0.05) is 49.6 Å². The third kappa shape index (κ3) is 3.94. The highest BCUT2D eigenvalue weighted by Gasteiger charge is 2.18. The van der Waals surface area contributed by atoms with E-state index in [0.717, 1.165) is 39.5 Å². The molecule has 2 heterocycles. The predicted octanol–water partition coefficient (Wildman–Crippen LogP) is 4.45. The molecule has 144 valence electrons. The molecule has 0 fully saturated rings. The molecule has 0 aliphatic rings. The summed E-state index contributed by atoms with van der Waals surface area (Å²) in [4.78, 5) is 20.3. The third-order valence-electron chi connectivity index (χ3n) is 4.85. The first-order valence-electron chi connectivity index (χ1n) is 9.50. The molecule has 29 heavy (non-hydrogen) atoms. The summed E-state index contributed by atoms with van der Waals surface area (Å²) in [7, 11) is 2.04. The Hall–Kier alpha value is -3.73. The summed E-state index contributed by atoms with van der Waals surface area (Å²) in [6, 6.07) is 22.4. The molecule has 0 unspecified atom stereocenters. The van der Waals surface area contributed by atoms with Gasteiger partial charge in [0.2, 0.25) is 5.91 Å². The molecule has 1 N–H and O–H groups in total. The van der Waals surface area contributed by atoms with Crippen LogP contribution in [0.25, 0.3) is 33.9 Å². The second-order valence-electron chi connectivity index (χ2n) is 6.90. The normalized spacial score (nSPS) is 10.7. The van der Waals surface area contributed by atoms with E-state index in [9.17, 15) is 4.79 Å². The highest BCUT2D eigenvalue weighted by atomic mass is 16.1. The van der Waals surface area contributed by atoms with Crippen molar-refractivity contribution < 1.29 is 4.79 Å². The van der Waals surface area contributed by atoms with Crippen LogP contribution in [0.2, 0.25) is 0 Å². The average Bonchev–Trinajstić information content (AvgIpc) is 3.11. The van der Waals surface area contributed by atoms with Crippen molar-refractivity contribution in [2.75, 3.05) is 0 Å². The molecule has 5 nitrogen and oxygen atoms in total. The fourth-order valence-electron chi connectivity index (χ4n) is 3.39. The minimum Gasteiger partial charge on any atom is -0.352 e. The van der Waals surface area contributed by atoms with Crippen LogP contribution in [0, 0.1) is 0 Å². The van der Waals surface area contributed by atoms with Crippen LogP contribution in [-0.4, -0.2) is 20.4 Å². The molecule has 2 aromatic heterocycles. The van der Waals surface area contributed by atoms with E-state index in [1.54, 1.807) is 12.4 Å². The van der Waals surface area contributed by atoms with Gasteiger partial charge in [-0.25, -0.2) is 4.98 Å². The second-order valence-corrected chi connectivity index (χ2v) is 6.90. The Morgan fingerprint density at radius 1 is 0.897 bits per heavy atom. The smallest absolute Gasteiger partial charge is 0.217 e. The molecule has 0 saturated carbocycles. The van der Waals surface area contributed by atoms with Gasteiger partial charge in [0.1, 0.15) is 5.82 Å². The topological polar surface area (TPSA) is 59.8 Å². The monoisotopic (exact) mass is 382 g/mol. The van der Waals surface area contributed by atoms with E-state index in [0.29, 0.717) is 6.54 Å². The van der Waals surface area contributed by atoms with Gasteiger partial charge in [-0.2, -0.15) is 0 Å². The Morgan fingerprint density at radius 2 is 1.59 bits per heavy atom. The molecule has 5 heteroatoms. The maximum atomic E-state index is 11.1. The number of rotatable bonds is 5. The molecular weight excluding hydrogens is 360 g/mol. The Bertz CT molecular complexity index is 1120. The number of nitrogens with zero attached hydrogens (tertiary/aromatic N) is 3. The molecule has 0 atom stereocenters. The molecule has 0 aliphatic heterocycles. The van der Waals surface area contributed by atoms with Crippen LogP contribution < -0.4 is 5.32 Å². The maximum Gasteiger partial charge on any atom is 0.217 e. The number of pyridine rings is 1. The predicted molar refractivity (Wildman–Crippen MR) is 115 cm³/mol. The number of carbonyl (C=O) groups excluding carboxylic acids is 1. The van der Waals surface area contributed by atoms with Gasteiger partial charge in [0.25, 0.3) is 0 Å². The first-order chi connectivity index (χ1) is 14.1. The lowest BCUT2D eigenvalue weighted by atomic mass is 10.1. The highest BCUT2D eigenvalue weighted by molar-refractivity contribution is 5.82. The molecule has 0 bridgehead atoms. The maximum absolute atomic E-state index is 11.1. The van der Waals surface area contributed by atoms with Crippen LogP contribution in [0.5, 0.6) is 0 Å². The third-order valence-corrected chi connectivity index (χ3v) is 4.85. The number of nitrogens with one attached hydrogen (secondary N) is 1. The van der Waals surface area contributed by atoms with Crippen molar-refractivity contribution in [2.24, 2.45) is 7.05 Å². The van der Waals surface area contributed by atoms with Gasteiger partial charge in [-0.15, -0.1) is 0 Å². The minimum absolute atomic E-state index is 0.0346. The van der Waals surface area contributed by atoms with Crippen molar-refractivity contribution in [3.63, 3.8) is 0 Å². The van der Waals surface area contributed by atoms with Crippen molar-refractivity contribution in [1.82, 2.24) is 19.9 Å². The Morgan fingerprint density at radius 3 is 2.24 bits per heavy atom. The Kier molecular flexibility index (Phi) is 5.20. The van der Waals surface area contributed by atoms with Crippen LogP contribution in [-0.2, 0) is 18.4 Å². The number of carbonyl (C=O) groups is 1. The molecular formula is C24H22N4O. The number of imidazole rings is 1. The van der Waals surface area contributed by atoms with Crippen molar-refractivity contribution in [3.05, 3.63) is 84.7 Å². The summed E-state index contributed by atoms with van der Waals surface area (Å²) in [6.45, 7) is 2.04. The van der Waals surface area contributed by atoms with E-state index >= 15 is 0 Å². The molecule has 0 spiro atoms. The van der Waals surface area contributed by atoms with E-state index in [1.165, 1.54) is 6.92 Å². The summed E-state index contributed by atoms with van der Waals surface area (Å²) < 4.78 is 2.13. The fraction of sp³-hybridized carbons (Fsp3) is 0.125. The average molecular weight is 382 g/mol. The van der Waals surface area contributed by atoms with Gasteiger partial charge in [-0.05, 0) is 17.7 Å². The van der Waals surface area contributed by atoms with Crippen molar-refractivity contribution in [1.29, 1.82) is 0 Å². The summed E-state index contributed by atoms with van der Waals surface area (Å²) in [5, 5.41) is 2.82. The van der Waals surface area contributed by atoms with E-state index < -0.39 is 0 Å². The van der Waals surface area contributed by atoms with Crippen LogP contribution >= 0.6 is 0 Å². The zero-order chi connectivity index (χ0) is 20.2. The number of amides is 1. The molecule has 0 aliphatic carbocycles. The standard InChI is InChI=1S/C24H22N4O/c1-17(29)26-16-18-8-10-21(11-9-18)24-27-22(19-6-4-3-5-7-19)23(28(24)2)20-12-14-25-15-13-20/h3-15H,16H2,1-2H3,(H,26,29). The minimum atomic E-state index is -0.0346. The van der Waals surface area contributed by atoms with Crippen LogP contribution in [0.1, 0.15) is 12.5 Å². The van der Waals surface area contributed by atoms with Crippen molar-refractivity contribution in [2.45, 2.75) is 13.5 Å². The number of hydrogen-bond donors (Lipinski definition) is 1. The largest absolute Gasteiger partial charge is 0.352 e. The molecule has 2 aromatic carbocycles. The Labute approximate surface area is 170 Å². The van der Waals surface area contributed by atoms with E-state index in [1.807, 2.05) is 61.6 Å². The Balaban J connectivity index is 1.79. The van der Waals surface area contributed by atoms with Gasteiger partial charge in [0.15, 0.2) is 0 Å². The van der Waals surface area contributed by atoms with Gasteiger partial charge >= 0.3 is 0 Å². The zero-order valence-corrected chi connectivity index (χ0v) is 16.5. The molecule has 0 radical (unpaired) electrons. The highest BCUT2D eigenvalue weighted by Crippen LogP contribution is 2.35. The van der Waals surface area contributed by atoms with Gasteiger partial charge in [0.05, 0.1) is 11.4 Å². The van der Waals surface area contributed by atoms with Gasteiger partial charge in [-0.3, -0.25) is 9.78 Å². The number of aromatic nitrogens is 3. The van der Waals surface area contributed by atoms with Crippen LogP contribution in [0.15, 0.2) is 79.1 Å². The molecule has 4 aromatic rings. The van der Waals surface area contributed by atoms with E-state index in [4.69, 9.17) is 4.98 Å². The molecule has 1 amide bonds. The molecule has 4 rings (SSSR count). The number of hydrogen-bond acceptors (Lipinski definition) is 3. The zero-order valence-electron chi connectivity index (χ0n) is 16.5. The van der Waals surface area contributed by atoms with Crippen LogP contribution in [0.3, 0.4) is 0 Å². The van der Waals surface area contributed by atoms with Crippen molar-refractivity contribution >= 4 is 5.91 Å². The SMILES string of the molecule is CC(=O)NCc1ccc(-c2nc(-c3ccccc3)c(-c3ccncc3)n2C)cc1.